The maximum atomic E-state index is 4.68. The highest BCUT2D eigenvalue weighted by molar-refractivity contribution is 5.94. The maximum absolute atomic E-state index is 4.68. The lowest BCUT2D eigenvalue weighted by molar-refractivity contribution is 0.764. The molecule has 3 heteroatoms. The van der Waals surface area contributed by atoms with Gasteiger partial charge in [0.1, 0.15) is 0 Å². The standard InChI is InChI=1S/C25H25N3/c1-3-18(2)28-23-8-4-6-21(17-23)24-16-20(14-19-9-12-26-13-10-19)15-22-7-5-11-27-25(22)24/h4-13,15-18,28H,3,14H2,1-2H3. The zero-order valence-electron chi connectivity index (χ0n) is 16.4. The lowest BCUT2D eigenvalue weighted by atomic mass is 9.95. The van der Waals surface area contributed by atoms with Crippen LogP contribution in [0.4, 0.5) is 5.69 Å². The van der Waals surface area contributed by atoms with Crippen molar-refractivity contribution in [1.29, 1.82) is 0 Å². The highest BCUT2D eigenvalue weighted by Crippen LogP contribution is 2.31. The third kappa shape index (κ3) is 4.04. The van der Waals surface area contributed by atoms with Gasteiger partial charge in [-0.2, -0.15) is 0 Å². The molecule has 0 fully saturated rings. The monoisotopic (exact) mass is 367 g/mol. The average Bonchev–Trinajstić information content (AvgIpc) is 2.74. The second kappa shape index (κ2) is 8.22. The number of nitrogens with zero attached hydrogens (tertiary/aromatic N) is 2. The molecule has 0 aliphatic carbocycles. The van der Waals surface area contributed by atoms with E-state index >= 15 is 0 Å². The Balaban J connectivity index is 1.78. The predicted molar refractivity (Wildman–Crippen MR) is 118 cm³/mol. The Labute approximate surface area is 166 Å². The Morgan fingerprint density at radius 2 is 1.75 bits per heavy atom. The molecule has 0 saturated carbocycles. The van der Waals surface area contributed by atoms with Crippen LogP contribution < -0.4 is 5.32 Å². The van der Waals surface area contributed by atoms with E-state index in [4.69, 9.17) is 0 Å². The number of anilines is 1. The smallest absolute Gasteiger partial charge is 0.0780 e. The molecular weight excluding hydrogens is 342 g/mol. The van der Waals surface area contributed by atoms with Crippen molar-refractivity contribution in [1.82, 2.24) is 9.97 Å². The van der Waals surface area contributed by atoms with E-state index in [1.807, 2.05) is 24.7 Å². The summed E-state index contributed by atoms with van der Waals surface area (Å²) in [6.45, 7) is 4.40. The molecule has 0 amide bonds. The van der Waals surface area contributed by atoms with Crippen molar-refractivity contribution >= 4 is 16.6 Å². The van der Waals surface area contributed by atoms with Gasteiger partial charge >= 0.3 is 0 Å². The van der Waals surface area contributed by atoms with Gasteiger partial charge in [-0.3, -0.25) is 9.97 Å². The largest absolute Gasteiger partial charge is 0.383 e. The summed E-state index contributed by atoms with van der Waals surface area (Å²) in [5.74, 6) is 0. The fourth-order valence-electron chi connectivity index (χ4n) is 3.48. The third-order valence-corrected chi connectivity index (χ3v) is 5.12. The van der Waals surface area contributed by atoms with E-state index in [0.29, 0.717) is 6.04 Å². The van der Waals surface area contributed by atoms with Gasteiger partial charge in [0.25, 0.3) is 0 Å². The number of benzene rings is 2. The fraction of sp³-hybridized carbons (Fsp3) is 0.200. The van der Waals surface area contributed by atoms with Gasteiger partial charge in [-0.05, 0) is 78.9 Å². The molecule has 1 atom stereocenters. The molecule has 4 rings (SSSR count). The normalized spacial score (nSPS) is 12.1. The van der Waals surface area contributed by atoms with Gasteiger partial charge in [0.2, 0.25) is 0 Å². The Bertz CT molecular complexity index is 1070. The quantitative estimate of drug-likeness (QED) is 0.447. The molecule has 2 aromatic carbocycles. The van der Waals surface area contributed by atoms with Crippen LogP contribution in [0.1, 0.15) is 31.4 Å². The van der Waals surface area contributed by atoms with Gasteiger partial charge in [0, 0.05) is 41.3 Å². The summed E-state index contributed by atoms with van der Waals surface area (Å²) in [6.07, 6.45) is 7.54. The summed E-state index contributed by atoms with van der Waals surface area (Å²) in [6, 6.07) is 21.9. The highest BCUT2D eigenvalue weighted by atomic mass is 14.9. The van der Waals surface area contributed by atoms with Gasteiger partial charge in [0.05, 0.1) is 5.52 Å². The number of hydrogen-bond acceptors (Lipinski definition) is 3. The zero-order valence-corrected chi connectivity index (χ0v) is 16.4. The van der Waals surface area contributed by atoms with Crippen LogP contribution in [0.25, 0.3) is 22.0 Å². The Morgan fingerprint density at radius 3 is 2.57 bits per heavy atom. The second-order valence-corrected chi connectivity index (χ2v) is 7.29. The maximum Gasteiger partial charge on any atom is 0.0780 e. The minimum absolute atomic E-state index is 0.447. The van der Waals surface area contributed by atoms with E-state index in [2.05, 4.69) is 83.7 Å². The molecule has 1 N–H and O–H groups in total. The van der Waals surface area contributed by atoms with Crippen molar-refractivity contribution in [2.24, 2.45) is 0 Å². The van der Waals surface area contributed by atoms with Crippen LogP contribution in [0.5, 0.6) is 0 Å². The molecule has 1 unspecified atom stereocenters. The predicted octanol–water partition coefficient (Wildman–Crippen LogP) is 6.10. The Hall–Kier alpha value is -3.20. The van der Waals surface area contributed by atoms with Gasteiger partial charge in [0.15, 0.2) is 0 Å². The van der Waals surface area contributed by atoms with Gasteiger partial charge < -0.3 is 5.32 Å². The first kappa shape index (κ1) is 18.2. The third-order valence-electron chi connectivity index (χ3n) is 5.12. The van der Waals surface area contributed by atoms with E-state index in [-0.39, 0.29) is 0 Å². The number of nitrogens with one attached hydrogen (secondary N) is 1. The number of aromatic nitrogens is 2. The van der Waals surface area contributed by atoms with Crippen LogP contribution in [-0.4, -0.2) is 16.0 Å². The number of hydrogen-bond donors (Lipinski definition) is 1. The first-order valence-electron chi connectivity index (χ1n) is 9.86. The Morgan fingerprint density at radius 1 is 0.893 bits per heavy atom. The highest BCUT2D eigenvalue weighted by Gasteiger charge is 2.10. The molecule has 3 nitrogen and oxygen atoms in total. The van der Waals surface area contributed by atoms with Crippen molar-refractivity contribution in [3.63, 3.8) is 0 Å². The van der Waals surface area contributed by atoms with E-state index in [1.165, 1.54) is 27.6 Å². The van der Waals surface area contributed by atoms with Crippen molar-refractivity contribution in [3.05, 3.63) is 90.4 Å². The molecule has 4 aromatic rings. The Kier molecular flexibility index (Phi) is 5.34. The molecule has 28 heavy (non-hydrogen) atoms. The van der Waals surface area contributed by atoms with Crippen molar-refractivity contribution < 1.29 is 0 Å². The average molecular weight is 367 g/mol. The molecule has 0 radical (unpaired) electrons. The summed E-state index contributed by atoms with van der Waals surface area (Å²) >= 11 is 0. The van der Waals surface area contributed by atoms with Crippen LogP contribution in [0, 0.1) is 0 Å². The first-order chi connectivity index (χ1) is 13.7. The van der Waals surface area contributed by atoms with Crippen LogP contribution >= 0.6 is 0 Å². The van der Waals surface area contributed by atoms with Gasteiger partial charge in [-0.25, -0.2) is 0 Å². The number of fused-ring (bicyclic) bond motifs is 1. The molecule has 0 spiro atoms. The molecule has 0 bridgehead atoms. The van der Waals surface area contributed by atoms with E-state index in [0.717, 1.165) is 24.0 Å². The van der Waals surface area contributed by atoms with Crippen LogP contribution in [0.15, 0.2) is 79.3 Å². The van der Waals surface area contributed by atoms with Crippen molar-refractivity contribution in [3.8, 4) is 11.1 Å². The molecule has 140 valence electrons. The minimum atomic E-state index is 0.447. The molecule has 0 aliphatic heterocycles. The minimum Gasteiger partial charge on any atom is -0.383 e. The summed E-state index contributed by atoms with van der Waals surface area (Å²) in [5, 5.41) is 4.75. The van der Waals surface area contributed by atoms with Crippen LogP contribution in [0.2, 0.25) is 0 Å². The summed E-state index contributed by atoms with van der Waals surface area (Å²) in [5.41, 5.74) is 7.10. The van der Waals surface area contributed by atoms with Gasteiger partial charge in [-0.1, -0.05) is 25.1 Å². The molecule has 2 aromatic heterocycles. The van der Waals surface area contributed by atoms with Crippen molar-refractivity contribution in [2.75, 3.05) is 5.32 Å². The van der Waals surface area contributed by atoms with E-state index < -0.39 is 0 Å². The van der Waals surface area contributed by atoms with Crippen molar-refractivity contribution in [2.45, 2.75) is 32.7 Å². The molecular formula is C25H25N3. The number of rotatable bonds is 6. The van der Waals surface area contributed by atoms with Crippen LogP contribution in [-0.2, 0) is 6.42 Å². The summed E-state index contributed by atoms with van der Waals surface area (Å²) < 4.78 is 0. The number of pyridine rings is 2. The second-order valence-electron chi connectivity index (χ2n) is 7.29. The van der Waals surface area contributed by atoms with Crippen LogP contribution in [0.3, 0.4) is 0 Å². The lowest BCUT2D eigenvalue weighted by Crippen LogP contribution is -2.13. The molecule has 0 saturated heterocycles. The SMILES string of the molecule is CCC(C)Nc1cccc(-c2cc(Cc3ccncc3)cc3cccnc23)c1. The first-order valence-corrected chi connectivity index (χ1v) is 9.86. The van der Waals surface area contributed by atoms with E-state index in [1.54, 1.807) is 0 Å². The molecule has 2 heterocycles. The summed E-state index contributed by atoms with van der Waals surface area (Å²) in [7, 11) is 0. The molecule has 0 aliphatic rings. The lowest BCUT2D eigenvalue weighted by Gasteiger charge is -2.15. The fourth-order valence-corrected chi connectivity index (χ4v) is 3.48. The zero-order chi connectivity index (χ0) is 19.3. The van der Waals surface area contributed by atoms with E-state index in [9.17, 15) is 0 Å². The topological polar surface area (TPSA) is 37.8 Å². The van der Waals surface area contributed by atoms with Gasteiger partial charge in [-0.15, -0.1) is 0 Å². The summed E-state index contributed by atoms with van der Waals surface area (Å²) in [4.78, 5) is 8.81.